The summed E-state index contributed by atoms with van der Waals surface area (Å²) in [4.78, 5) is 45.1. The van der Waals surface area contributed by atoms with E-state index in [0.717, 1.165) is 19.3 Å². The van der Waals surface area contributed by atoms with Crippen LogP contribution in [0.5, 0.6) is 0 Å². The van der Waals surface area contributed by atoms with E-state index >= 15 is 0 Å². The number of unbranched alkanes of at least 4 members (excludes halogenated alkanes) is 3. The summed E-state index contributed by atoms with van der Waals surface area (Å²) in [6.45, 7) is 5.83. The van der Waals surface area contributed by atoms with Crippen molar-refractivity contribution in [1.29, 1.82) is 0 Å². The molecule has 2 amide bonds. The molecule has 0 bridgehead atoms. The molecule has 0 aliphatic rings. The zero-order valence-corrected chi connectivity index (χ0v) is 18.0. The molecule has 3 atom stereocenters. The summed E-state index contributed by atoms with van der Waals surface area (Å²) in [7, 11) is -3.46. The van der Waals surface area contributed by atoms with Crippen molar-refractivity contribution in [1.82, 2.24) is 10.6 Å². The zero-order chi connectivity index (χ0) is 21.7. The molecule has 0 aromatic heterocycles. The lowest BCUT2D eigenvalue weighted by Gasteiger charge is -2.21. The molecule has 28 heavy (non-hydrogen) atoms. The van der Waals surface area contributed by atoms with Gasteiger partial charge in [0.15, 0.2) is 0 Å². The number of aliphatic carboxylic acids is 1. The first-order valence-corrected chi connectivity index (χ1v) is 11.9. The zero-order valence-electron chi connectivity index (χ0n) is 17.1. The summed E-state index contributed by atoms with van der Waals surface area (Å²) in [5, 5.41) is 13.8. The molecule has 10 heteroatoms. The molecule has 0 rings (SSSR count). The number of carboxylic acid groups (broad SMARTS) is 1. The molecule has 0 spiro atoms. The van der Waals surface area contributed by atoms with Gasteiger partial charge in [-0.3, -0.25) is 18.9 Å². The van der Waals surface area contributed by atoms with Gasteiger partial charge in [0.1, 0.15) is 12.1 Å². The molecule has 0 radical (unpaired) electrons. The highest BCUT2D eigenvalue weighted by molar-refractivity contribution is 7.57. The number of carboxylic acids is 1. The van der Waals surface area contributed by atoms with Gasteiger partial charge in [-0.15, -0.1) is 0 Å². The van der Waals surface area contributed by atoms with Gasteiger partial charge in [-0.2, -0.15) is 0 Å². The topological polar surface area (TPSA) is 159 Å². The molecule has 0 aliphatic carbocycles. The van der Waals surface area contributed by atoms with Crippen molar-refractivity contribution < 1.29 is 28.9 Å². The number of carbonyl (C=O) groups is 3. The van der Waals surface area contributed by atoms with Crippen LogP contribution in [-0.4, -0.2) is 52.3 Å². The molecule has 164 valence electrons. The predicted octanol–water partition coefficient (Wildman–Crippen LogP) is 1.63. The van der Waals surface area contributed by atoms with E-state index in [1.807, 2.05) is 13.8 Å². The number of hydrogen-bond donors (Lipinski definition) is 5. The number of carbonyl (C=O) groups excluding carboxylic acids is 2. The lowest BCUT2D eigenvalue weighted by Crippen LogP contribution is -2.48. The highest BCUT2D eigenvalue weighted by Gasteiger charge is 2.25. The smallest absolute Gasteiger partial charge is 0.320 e. The molecule has 0 heterocycles. The van der Waals surface area contributed by atoms with Crippen LogP contribution in [0.4, 0.5) is 0 Å². The third-order valence-electron chi connectivity index (χ3n) is 4.22. The Labute approximate surface area is 167 Å². The van der Waals surface area contributed by atoms with Crippen molar-refractivity contribution in [3.8, 4) is 0 Å². The monoisotopic (exact) mass is 421 g/mol. The Morgan fingerprint density at radius 3 is 2.32 bits per heavy atom. The van der Waals surface area contributed by atoms with Crippen molar-refractivity contribution in [2.24, 2.45) is 11.7 Å². The van der Waals surface area contributed by atoms with Gasteiger partial charge < -0.3 is 26.4 Å². The maximum atomic E-state index is 12.4. The van der Waals surface area contributed by atoms with Crippen molar-refractivity contribution in [3.05, 3.63) is 0 Å². The lowest BCUT2D eigenvalue weighted by atomic mass is 10.0. The quantitative estimate of drug-likeness (QED) is 0.198. The van der Waals surface area contributed by atoms with Gasteiger partial charge in [-0.05, 0) is 25.2 Å². The third kappa shape index (κ3) is 12.9. The van der Waals surface area contributed by atoms with Crippen molar-refractivity contribution in [3.63, 3.8) is 0 Å². The Balaban J connectivity index is 4.61. The minimum atomic E-state index is -3.46. The standard InChI is InChI=1S/C18H36N3O6P/c1-4-5-6-7-10-28(26,27)12-20-17(23)15(11-13(2)3)21-16(22)9-8-14(19)18(24)25/h13-15H,4-12,19H2,1-3H3,(H,20,23)(H,21,22)(H,24,25)(H,26,27)/t14-,15-/m0/s1. The van der Waals surface area contributed by atoms with Crippen LogP contribution in [-0.2, 0) is 18.9 Å². The fourth-order valence-electron chi connectivity index (χ4n) is 2.57. The molecular weight excluding hydrogens is 385 g/mol. The number of rotatable bonds is 15. The molecule has 0 saturated carbocycles. The van der Waals surface area contributed by atoms with E-state index in [4.69, 9.17) is 10.8 Å². The first-order chi connectivity index (χ1) is 13.0. The summed E-state index contributed by atoms with van der Waals surface area (Å²) < 4.78 is 12.2. The first-order valence-electron chi connectivity index (χ1n) is 9.84. The third-order valence-corrected chi connectivity index (χ3v) is 5.89. The van der Waals surface area contributed by atoms with Gasteiger partial charge in [0.05, 0.1) is 6.29 Å². The number of hydrogen-bond acceptors (Lipinski definition) is 5. The second-order valence-electron chi connectivity index (χ2n) is 7.56. The second kappa shape index (κ2) is 13.7. The van der Waals surface area contributed by atoms with E-state index in [1.165, 1.54) is 0 Å². The van der Waals surface area contributed by atoms with Gasteiger partial charge in [0, 0.05) is 12.6 Å². The Bertz CT molecular complexity index is 555. The summed E-state index contributed by atoms with van der Waals surface area (Å²) >= 11 is 0. The lowest BCUT2D eigenvalue weighted by molar-refractivity contribution is -0.139. The summed E-state index contributed by atoms with van der Waals surface area (Å²) in [5.74, 6) is -2.09. The van der Waals surface area contributed by atoms with Gasteiger partial charge in [0.2, 0.25) is 19.2 Å². The molecule has 0 saturated heterocycles. The van der Waals surface area contributed by atoms with Crippen LogP contribution in [0.15, 0.2) is 0 Å². The summed E-state index contributed by atoms with van der Waals surface area (Å²) in [6.07, 6.45) is 3.56. The van der Waals surface area contributed by atoms with Crippen LogP contribution >= 0.6 is 7.37 Å². The normalized spacial score (nSPS) is 15.5. The average molecular weight is 421 g/mol. The fraction of sp³-hybridized carbons (Fsp3) is 0.833. The van der Waals surface area contributed by atoms with Crippen LogP contribution in [0.2, 0.25) is 0 Å². The molecular formula is C18H36N3O6P. The molecule has 0 aromatic carbocycles. The molecule has 0 fully saturated rings. The maximum absolute atomic E-state index is 12.4. The van der Waals surface area contributed by atoms with E-state index in [2.05, 4.69) is 17.6 Å². The Hall–Kier alpha value is -1.44. The van der Waals surface area contributed by atoms with Gasteiger partial charge in [0.25, 0.3) is 0 Å². The van der Waals surface area contributed by atoms with Crippen molar-refractivity contribution in [2.75, 3.05) is 12.4 Å². The van der Waals surface area contributed by atoms with Gasteiger partial charge >= 0.3 is 5.97 Å². The fourth-order valence-corrected chi connectivity index (χ4v) is 3.85. The number of nitrogens with two attached hydrogens (primary N) is 1. The number of amides is 2. The molecule has 1 unspecified atom stereocenters. The van der Waals surface area contributed by atoms with Gasteiger partial charge in [-0.25, -0.2) is 0 Å². The maximum Gasteiger partial charge on any atom is 0.320 e. The Kier molecular flexibility index (Phi) is 13.0. The van der Waals surface area contributed by atoms with Crippen LogP contribution < -0.4 is 16.4 Å². The Morgan fingerprint density at radius 1 is 1.14 bits per heavy atom. The molecule has 0 aliphatic heterocycles. The van der Waals surface area contributed by atoms with E-state index < -0.39 is 37.2 Å². The van der Waals surface area contributed by atoms with Crippen molar-refractivity contribution in [2.45, 2.75) is 77.8 Å². The van der Waals surface area contributed by atoms with E-state index in [0.29, 0.717) is 12.8 Å². The average Bonchev–Trinajstić information content (AvgIpc) is 2.60. The van der Waals surface area contributed by atoms with Crippen LogP contribution in [0.1, 0.15) is 65.7 Å². The van der Waals surface area contributed by atoms with Crippen LogP contribution in [0.25, 0.3) is 0 Å². The predicted molar refractivity (Wildman–Crippen MR) is 108 cm³/mol. The SMILES string of the molecule is CCCCCCP(=O)(O)CNC(=O)[C@H](CC(C)C)NC(=O)CC[C@H](N)C(=O)O. The summed E-state index contributed by atoms with van der Waals surface area (Å²) in [6, 6.07) is -2.00. The van der Waals surface area contributed by atoms with Gasteiger partial charge in [-0.1, -0.05) is 40.0 Å². The van der Waals surface area contributed by atoms with E-state index in [-0.39, 0.29) is 31.2 Å². The first kappa shape index (κ1) is 26.6. The number of nitrogens with one attached hydrogen (secondary N) is 2. The highest BCUT2D eigenvalue weighted by atomic mass is 31.2. The van der Waals surface area contributed by atoms with Crippen LogP contribution in [0, 0.1) is 5.92 Å². The molecule has 9 nitrogen and oxygen atoms in total. The minimum Gasteiger partial charge on any atom is -0.480 e. The highest BCUT2D eigenvalue weighted by Crippen LogP contribution is 2.40. The van der Waals surface area contributed by atoms with Crippen LogP contribution in [0.3, 0.4) is 0 Å². The van der Waals surface area contributed by atoms with Crippen molar-refractivity contribution >= 4 is 25.2 Å². The largest absolute Gasteiger partial charge is 0.480 e. The summed E-state index contributed by atoms with van der Waals surface area (Å²) in [5.41, 5.74) is 5.37. The van der Waals surface area contributed by atoms with E-state index in [1.54, 1.807) is 0 Å². The van der Waals surface area contributed by atoms with E-state index in [9.17, 15) is 23.8 Å². The minimum absolute atomic E-state index is 0.0409. The molecule has 0 aromatic rings. The second-order valence-corrected chi connectivity index (χ2v) is 10.0. The Morgan fingerprint density at radius 2 is 1.79 bits per heavy atom. The molecule has 6 N–H and O–H groups in total.